The second-order valence-corrected chi connectivity index (χ2v) is 8.00. The number of hydrogen-bond acceptors (Lipinski definition) is 2. The largest absolute Gasteiger partial charge is 0.465 e. The van der Waals surface area contributed by atoms with Gasteiger partial charge in [0.1, 0.15) is 6.04 Å². The molecule has 0 heterocycles. The molecule has 0 saturated carbocycles. The number of carbonyl (C=O) groups excluding carboxylic acids is 1. The number of nitrogens with one attached hydrogen (secondary N) is 1. The van der Waals surface area contributed by atoms with Crippen LogP contribution < -0.4 is 5.32 Å². The van der Waals surface area contributed by atoms with Gasteiger partial charge in [-0.1, -0.05) is 103 Å². The van der Waals surface area contributed by atoms with Gasteiger partial charge in [-0.05, 0) is 27.5 Å². The number of nitrogens with zero attached hydrogens (tertiary/aromatic N) is 1. The first-order chi connectivity index (χ1) is 16.1. The van der Waals surface area contributed by atoms with Crippen molar-refractivity contribution in [2.75, 3.05) is 0 Å². The van der Waals surface area contributed by atoms with Crippen LogP contribution in [0.4, 0.5) is 4.79 Å². The van der Waals surface area contributed by atoms with Gasteiger partial charge in [-0.3, -0.25) is 9.69 Å². The first-order valence-electron chi connectivity index (χ1n) is 10.9. The van der Waals surface area contributed by atoms with Gasteiger partial charge in [0, 0.05) is 19.5 Å². The number of carboxylic acid groups (broad SMARTS) is 1. The van der Waals surface area contributed by atoms with Crippen molar-refractivity contribution in [2.45, 2.75) is 25.6 Å². The Labute approximate surface area is 193 Å². The van der Waals surface area contributed by atoms with Gasteiger partial charge in [0.2, 0.25) is 5.91 Å². The van der Waals surface area contributed by atoms with Gasteiger partial charge in [-0.2, -0.15) is 0 Å². The highest BCUT2D eigenvalue weighted by molar-refractivity contribution is 5.86. The molecule has 0 aliphatic heterocycles. The van der Waals surface area contributed by atoms with E-state index in [9.17, 15) is 14.7 Å². The maximum Gasteiger partial charge on any atom is 0.408 e. The Morgan fingerprint density at radius 1 is 0.727 bits per heavy atom. The lowest BCUT2D eigenvalue weighted by Crippen LogP contribution is -2.49. The molecule has 0 aliphatic rings. The van der Waals surface area contributed by atoms with Gasteiger partial charge in [0.05, 0.1) is 0 Å². The monoisotopic (exact) mass is 438 g/mol. The third-order valence-electron chi connectivity index (χ3n) is 5.67. The van der Waals surface area contributed by atoms with E-state index in [0.29, 0.717) is 6.54 Å². The van der Waals surface area contributed by atoms with E-state index in [2.05, 4.69) is 5.32 Å². The molecule has 0 radical (unpaired) electrons. The number of rotatable bonds is 8. The zero-order valence-corrected chi connectivity index (χ0v) is 18.2. The van der Waals surface area contributed by atoms with Crippen molar-refractivity contribution in [3.05, 3.63) is 120 Å². The SMILES string of the molecule is O=C(NCc1ccccc1)[C@H](Cc1ccc2ccccc2c1)N(Cc1ccccc1)C(=O)O. The van der Waals surface area contributed by atoms with E-state index in [1.807, 2.05) is 103 Å². The van der Waals surface area contributed by atoms with E-state index in [-0.39, 0.29) is 18.9 Å². The molecule has 2 amide bonds. The molecule has 5 heteroatoms. The van der Waals surface area contributed by atoms with Crippen LogP contribution in [0.25, 0.3) is 10.8 Å². The fourth-order valence-corrected chi connectivity index (χ4v) is 3.93. The Bertz CT molecular complexity index is 1230. The zero-order valence-electron chi connectivity index (χ0n) is 18.2. The molecule has 4 aromatic rings. The van der Waals surface area contributed by atoms with Crippen molar-refractivity contribution in [3.63, 3.8) is 0 Å². The lowest BCUT2D eigenvalue weighted by molar-refractivity contribution is -0.126. The molecule has 0 saturated heterocycles. The van der Waals surface area contributed by atoms with Crippen LogP contribution in [0.1, 0.15) is 16.7 Å². The van der Waals surface area contributed by atoms with E-state index in [1.165, 1.54) is 4.90 Å². The van der Waals surface area contributed by atoms with Crippen molar-refractivity contribution in [2.24, 2.45) is 0 Å². The van der Waals surface area contributed by atoms with Crippen LogP contribution in [0, 0.1) is 0 Å². The van der Waals surface area contributed by atoms with Gasteiger partial charge in [-0.15, -0.1) is 0 Å². The Morgan fingerprint density at radius 2 is 1.33 bits per heavy atom. The summed E-state index contributed by atoms with van der Waals surface area (Å²) in [6.45, 7) is 0.472. The van der Waals surface area contributed by atoms with E-state index in [0.717, 1.165) is 27.5 Å². The van der Waals surface area contributed by atoms with Crippen LogP contribution in [-0.2, 0) is 24.3 Å². The number of benzene rings is 4. The number of amides is 2. The maximum absolute atomic E-state index is 13.3. The summed E-state index contributed by atoms with van der Waals surface area (Å²) in [5, 5.41) is 15.1. The molecule has 0 unspecified atom stereocenters. The van der Waals surface area contributed by atoms with E-state index >= 15 is 0 Å². The molecule has 5 nitrogen and oxygen atoms in total. The minimum absolute atomic E-state index is 0.132. The van der Waals surface area contributed by atoms with Crippen LogP contribution >= 0.6 is 0 Å². The molecule has 4 rings (SSSR count). The van der Waals surface area contributed by atoms with Gasteiger partial charge in [0.15, 0.2) is 0 Å². The molecule has 0 spiro atoms. The summed E-state index contributed by atoms with van der Waals surface area (Å²) in [5.74, 6) is -0.314. The average molecular weight is 439 g/mol. The lowest BCUT2D eigenvalue weighted by atomic mass is 9.99. The number of fused-ring (bicyclic) bond motifs is 1. The van der Waals surface area contributed by atoms with E-state index < -0.39 is 12.1 Å². The Hall–Kier alpha value is -4.12. The highest BCUT2D eigenvalue weighted by Gasteiger charge is 2.30. The van der Waals surface area contributed by atoms with E-state index in [1.54, 1.807) is 0 Å². The standard InChI is InChI=1S/C28H26N2O3/c31-27(29-19-21-9-3-1-4-10-21)26(30(28(32)33)20-22-11-5-2-6-12-22)18-23-15-16-24-13-7-8-14-25(24)17-23/h1-17,26H,18-20H2,(H,29,31)(H,32,33)/t26-/m0/s1. The molecule has 33 heavy (non-hydrogen) atoms. The van der Waals surface area contributed by atoms with E-state index in [4.69, 9.17) is 0 Å². The third kappa shape index (κ3) is 5.77. The van der Waals surface area contributed by atoms with Crippen molar-refractivity contribution in [3.8, 4) is 0 Å². The summed E-state index contributed by atoms with van der Waals surface area (Å²) in [6, 6.07) is 32.1. The molecule has 166 valence electrons. The number of hydrogen-bond donors (Lipinski definition) is 2. The van der Waals surface area contributed by atoms with Gasteiger partial charge in [0.25, 0.3) is 0 Å². The number of carbonyl (C=O) groups is 2. The summed E-state index contributed by atoms with van der Waals surface area (Å²) >= 11 is 0. The zero-order chi connectivity index (χ0) is 23.0. The fraction of sp³-hybridized carbons (Fsp3) is 0.143. The molecule has 0 aliphatic carbocycles. The average Bonchev–Trinajstić information content (AvgIpc) is 2.85. The molecular weight excluding hydrogens is 412 g/mol. The van der Waals surface area contributed by atoms with Gasteiger partial charge in [-0.25, -0.2) is 4.79 Å². The highest BCUT2D eigenvalue weighted by Crippen LogP contribution is 2.19. The van der Waals surface area contributed by atoms with Crippen molar-refractivity contribution in [1.29, 1.82) is 0 Å². The normalized spacial score (nSPS) is 11.6. The molecule has 2 N–H and O–H groups in total. The third-order valence-corrected chi connectivity index (χ3v) is 5.67. The Kier molecular flexibility index (Phi) is 7.00. The predicted molar refractivity (Wildman–Crippen MR) is 130 cm³/mol. The summed E-state index contributed by atoms with van der Waals surface area (Å²) < 4.78 is 0. The second-order valence-electron chi connectivity index (χ2n) is 8.00. The maximum atomic E-state index is 13.3. The molecule has 0 fully saturated rings. The summed E-state index contributed by atoms with van der Waals surface area (Å²) in [5.41, 5.74) is 2.70. The summed E-state index contributed by atoms with van der Waals surface area (Å²) in [7, 11) is 0. The highest BCUT2D eigenvalue weighted by atomic mass is 16.4. The summed E-state index contributed by atoms with van der Waals surface area (Å²) in [6.07, 6.45) is -0.843. The van der Waals surface area contributed by atoms with Crippen LogP contribution in [0.5, 0.6) is 0 Å². The smallest absolute Gasteiger partial charge is 0.408 e. The quantitative estimate of drug-likeness (QED) is 0.395. The van der Waals surface area contributed by atoms with Crippen LogP contribution in [0.3, 0.4) is 0 Å². The topological polar surface area (TPSA) is 69.6 Å². The van der Waals surface area contributed by atoms with Crippen LogP contribution in [0.2, 0.25) is 0 Å². The fourth-order valence-electron chi connectivity index (χ4n) is 3.93. The first-order valence-corrected chi connectivity index (χ1v) is 10.9. The van der Waals surface area contributed by atoms with Gasteiger partial charge >= 0.3 is 6.09 Å². The lowest BCUT2D eigenvalue weighted by Gasteiger charge is -2.29. The molecule has 0 aromatic heterocycles. The Balaban J connectivity index is 1.61. The predicted octanol–water partition coefficient (Wildman–Crippen LogP) is 5.25. The molecule has 4 aromatic carbocycles. The molecular formula is C28H26N2O3. The van der Waals surface area contributed by atoms with Crippen LogP contribution in [-0.4, -0.2) is 28.0 Å². The first kappa shape index (κ1) is 22.1. The minimum atomic E-state index is -1.13. The molecule has 1 atom stereocenters. The second kappa shape index (κ2) is 10.5. The Morgan fingerprint density at radius 3 is 2.00 bits per heavy atom. The minimum Gasteiger partial charge on any atom is -0.465 e. The van der Waals surface area contributed by atoms with Crippen LogP contribution in [0.15, 0.2) is 103 Å². The van der Waals surface area contributed by atoms with Gasteiger partial charge < -0.3 is 10.4 Å². The van der Waals surface area contributed by atoms with Crippen molar-refractivity contribution in [1.82, 2.24) is 10.2 Å². The van der Waals surface area contributed by atoms with Crippen molar-refractivity contribution < 1.29 is 14.7 Å². The summed E-state index contributed by atoms with van der Waals surface area (Å²) in [4.78, 5) is 26.8. The van der Waals surface area contributed by atoms with Crippen molar-refractivity contribution >= 4 is 22.8 Å². The molecule has 0 bridgehead atoms.